The SMILES string of the molecule is CC1C=CC(CC(=O)[O-])(C(C)C)CC1. The van der Waals surface area contributed by atoms with Crippen molar-refractivity contribution in [3.8, 4) is 0 Å². The Bertz CT molecular complexity index is 243. The highest BCUT2D eigenvalue weighted by molar-refractivity contribution is 5.65. The van der Waals surface area contributed by atoms with E-state index in [0.717, 1.165) is 12.8 Å². The number of aliphatic carboxylic acids is 1. The van der Waals surface area contributed by atoms with Crippen LogP contribution in [0.2, 0.25) is 0 Å². The minimum absolute atomic E-state index is 0.161. The lowest BCUT2D eigenvalue weighted by molar-refractivity contribution is -0.308. The maximum atomic E-state index is 10.7. The first-order chi connectivity index (χ1) is 6.46. The molecule has 0 amide bonds. The third-order valence-corrected chi connectivity index (χ3v) is 3.45. The van der Waals surface area contributed by atoms with Gasteiger partial charge < -0.3 is 9.90 Å². The van der Waals surface area contributed by atoms with Crippen LogP contribution < -0.4 is 5.11 Å². The van der Waals surface area contributed by atoms with Crippen LogP contribution >= 0.6 is 0 Å². The molecular formula is C12H19O2-. The van der Waals surface area contributed by atoms with Gasteiger partial charge in [-0.2, -0.15) is 0 Å². The number of carboxylic acid groups (broad SMARTS) is 1. The Hall–Kier alpha value is -0.790. The molecule has 2 unspecified atom stereocenters. The van der Waals surface area contributed by atoms with E-state index in [9.17, 15) is 9.90 Å². The molecule has 0 N–H and O–H groups in total. The Morgan fingerprint density at radius 2 is 2.29 bits per heavy atom. The highest BCUT2D eigenvalue weighted by atomic mass is 16.4. The first kappa shape index (κ1) is 11.3. The normalized spacial score (nSPS) is 32.1. The molecule has 2 nitrogen and oxygen atoms in total. The van der Waals surface area contributed by atoms with E-state index in [4.69, 9.17) is 0 Å². The first-order valence-electron chi connectivity index (χ1n) is 5.35. The van der Waals surface area contributed by atoms with E-state index in [0.29, 0.717) is 11.8 Å². The predicted molar refractivity (Wildman–Crippen MR) is 54.4 cm³/mol. The van der Waals surface area contributed by atoms with Gasteiger partial charge in [0.15, 0.2) is 0 Å². The third-order valence-electron chi connectivity index (χ3n) is 3.45. The van der Waals surface area contributed by atoms with Crippen molar-refractivity contribution in [2.24, 2.45) is 17.3 Å². The van der Waals surface area contributed by atoms with E-state index in [1.807, 2.05) is 0 Å². The van der Waals surface area contributed by atoms with Crippen LogP contribution in [-0.4, -0.2) is 5.97 Å². The van der Waals surface area contributed by atoms with Crippen molar-refractivity contribution in [1.29, 1.82) is 0 Å². The Labute approximate surface area is 86.0 Å². The molecule has 0 radical (unpaired) electrons. The smallest absolute Gasteiger partial charge is 0.0423 e. The van der Waals surface area contributed by atoms with E-state index in [2.05, 4.69) is 32.9 Å². The number of hydrogen-bond acceptors (Lipinski definition) is 2. The molecule has 1 aliphatic carbocycles. The zero-order valence-electron chi connectivity index (χ0n) is 9.25. The highest BCUT2D eigenvalue weighted by Gasteiger charge is 2.33. The summed E-state index contributed by atoms with van der Waals surface area (Å²) in [5.41, 5.74) is -0.161. The second-order valence-corrected chi connectivity index (χ2v) is 4.81. The van der Waals surface area contributed by atoms with Gasteiger partial charge in [0.2, 0.25) is 0 Å². The summed E-state index contributed by atoms with van der Waals surface area (Å²) < 4.78 is 0. The Morgan fingerprint density at radius 3 is 2.64 bits per heavy atom. The van der Waals surface area contributed by atoms with Crippen molar-refractivity contribution in [3.05, 3.63) is 12.2 Å². The Balaban J connectivity index is 2.83. The van der Waals surface area contributed by atoms with Gasteiger partial charge in [-0.05, 0) is 36.5 Å². The van der Waals surface area contributed by atoms with Crippen LogP contribution in [0.4, 0.5) is 0 Å². The lowest BCUT2D eigenvalue weighted by Crippen LogP contribution is -2.36. The van der Waals surface area contributed by atoms with Crippen molar-refractivity contribution in [2.45, 2.75) is 40.0 Å². The molecule has 0 aromatic heterocycles. The van der Waals surface area contributed by atoms with Gasteiger partial charge in [0.05, 0.1) is 0 Å². The summed E-state index contributed by atoms with van der Waals surface area (Å²) in [5.74, 6) is 0.0192. The second-order valence-electron chi connectivity index (χ2n) is 4.81. The van der Waals surface area contributed by atoms with E-state index >= 15 is 0 Å². The van der Waals surface area contributed by atoms with Gasteiger partial charge in [-0.15, -0.1) is 0 Å². The summed E-state index contributed by atoms with van der Waals surface area (Å²) in [4.78, 5) is 10.7. The van der Waals surface area contributed by atoms with Crippen LogP contribution in [0.3, 0.4) is 0 Å². The molecule has 80 valence electrons. The van der Waals surface area contributed by atoms with Crippen LogP contribution in [-0.2, 0) is 4.79 Å². The summed E-state index contributed by atoms with van der Waals surface area (Å²) in [5, 5.41) is 10.7. The van der Waals surface area contributed by atoms with Gasteiger partial charge >= 0.3 is 0 Å². The molecule has 0 aliphatic heterocycles. The molecular weight excluding hydrogens is 176 g/mol. The van der Waals surface area contributed by atoms with Crippen molar-refractivity contribution < 1.29 is 9.90 Å². The average molecular weight is 195 g/mol. The number of hydrogen-bond donors (Lipinski definition) is 0. The fourth-order valence-corrected chi connectivity index (χ4v) is 2.13. The molecule has 0 aromatic rings. The van der Waals surface area contributed by atoms with Gasteiger partial charge in [-0.1, -0.05) is 32.9 Å². The van der Waals surface area contributed by atoms with Crippen LogP contribution in [0.15, 0.2) is 12.2 Å². The second kappa shape index (κ2) is 4.16. The van der Waals surface area contributed by atoms with Gasteiger partial charge in [-0.25, -0.2) is 0 Å². The van der Waals surface area contributed by atoms with Crippen molar-refractivity contribution >= 4 is 5.97 Å². The summed E-state index contributed by atoms with van der Waals surface area (Å²) >= 11 is 0. The average Bonchev–Trinajstić information content (AvgIpc) is 2.08. The lowest BCUT2D eigenvalue weighted by Gasteiger charge is -2.39. The minimum atomic E-state index is -0.932. The van der Waals surface area contributed by atoms with E-state index < -0.39 is 5.97 Å². The monoisotopic (exact) mass is 195 g/mol. The molecule has 2 heteroatoms. The summed E-state index contributed by atoms with van der Waals surface area (Å²) in [7, 11) is 0. The Kier molecular flexibility index (Phi) is 3.35. The standard InChI is InChI=1S/C12H20O2/c1-9(2)12(8-11(13)14)6-4-10(3)5-7-12/h4,6,9-10H,5,7-8H2,1-3H3,(H,13,14)/p-1. The molecule has 2 atom stereocenters. The predicted octanol–water partition coefficient (Wildman–Crippen LogP) is 1.75. The van der Waals surface area contributed by atoms with Crippen molar-refractivity contribution in [3.63, 3.8) is 0 Å². The largest absolute Gasteiger partial charge is 0.550 e. The van der Waals surface area contributed by atoms with Gasteiger partial charge in [-0.3, -0.25) is 0 Å². The third kappa shape index (κ3) is 2.37. The van der Waals surface area contributed by atoms with Crippen LogP contribution in [0, 0.1) is 17.3 Å². The van der Waals surface area contributed by atoms with Crippen LogP contribution in [0.25, 0.3) is 0 Å². The fraction of sp³-hybridized carbons (Fsp3) is 0.750. The molecule has 0 bridgehead atoms. The first-order valence-corrected chi connectivity index (χ1v) is 5.35. The molecule has 0 heterocycles. The fourth-order valence-electron chi connectivity index (χ4n) is 2.13. The number of carboxylic acids is 1. The molecule has 1 rings (SSSR count). The molecule has 1 aliphatic rings. The van der Waals surface area contributed by atoms with E-state index in [-0.39, 0.29) is 11.8 Å². The molecule has 0 saturated carbocycles. The van der Waals surface area contributed by atoms with Gasteiger partial charge in [0.25, 0.3) is 0 Å². The van der Waals surface area contributed by atoms with Crippen LogP contribution in [0.1, 0.15) is 40.0 Å². The summed E-state index contributed by atoms with van der Waals surface area (Å²) in [6.45, 7) is 6.34. The minimum Gasteiger partial charge on any atom is -0.550 e. The topological polar surface area (TPSA) is 40.1 Å². The molecule has 0 spiro atoms. The van der Waals surface area contributed by atoms with Gasteiger partial charge in [0.1, 0.15) is 0 Å². The van der Waals surface area contributed by atoms with Gasteiger partial charge in [0, 0.05) is 5.97 Å². The maximum Gasteiger partial charge on any atom is 0.0423 e. The van der Waals surface area contributed by atoms with Crippen molar-refractivity contribution in [2.75, 3.05) is 0 Å². The molecule has 0 aromatic carbocycles. The number of rotatable bonds is 3. The Morgan fingerprint density at radius 1 is 1.64 bits per heavy atom. The zero-order chi connectivity index (χ0) is 10.8. The summed E-state index contributed by atoms with van der Waals surface area (Å²) in [6.07, 6.45) is 6.46. The van der Waals surface area contributed by atoms with Crippen LogP contribution in [0.5, 0.6) is 0 Å². The molecule has 14 heavy (non-hydrogen) atoms. The number of carbonyl (C=O) groups is 1. The lowest BCUT2D eigenvalue weighted by atomic mass is 9.67. The molecule has 0 saturated heterocycles. The number of allylic oxidation sites excluding steroid dienone is 2. The number of carbonyl (C=O) groups excluding carboxylic acids is 1. The van der Waals surface area contributed by atoms with Crippen molar-refractivity contribution in [1.82, 2.24) is 0 Å². The highest BCUT2D eigenvalue weighted by Crippen LogP contribution is 2.42. The van der Waals surface area contributed by atoms with E-state index in [1.54, 1.807) is 0 Å². The molecule has 0 fully saturated rings. The summed E-state index contributed by atoms with van der Waals surface area (Å²) in [6, 6.07) is 0. The quantitative estimate of drug-likeness (QED) is 0.644. The zero-order valence-corrected chi connectivity index (χ0v) is 9.25. The van der Waals surface area contributed by atoms with E-state index in [1.165, 1.54) is 0 Å². The maximum absolute atomic E-state index is 10.7.